The molecule has 16 heavy (non-hydrogen) atoms. The molecule has 1 aliphatic heterocycles. The van der Waals surface area contributed by atoms with Crippen LogP contribution in [0, 0.1) is 0 Å². The highest BCUT2D eigenvalue weighted by Crippen LogP contribution is 2.13. The number of aromatic nitrogens is 2. The topological polar surface area (TPSA) is 24.3 Å². The summed E-state index contributed by atoms with van der Waals surface area (Å²) in [6.45, 7) is 4.30. The van der Waals surface area contributed by atoms with Crippen LogP contribution in [0.2, 0.25) is 0 Å². The average Bonchev–Trinajstić information content (AvgIpc) is 2.74. The van der Waals surface area contributed by atoms with E-state index in [1.165, 1.54) is 10.9 Å². The minimum Gasteiger partial charge on any atom is -0.303 e. The molecule has 3 rings (SSSR count). The van der Waals surface area contributed by atoms with E-state index in [0.29, 0.717) is 0 Å². The van der Waals surface area contributed by atoms with Crippen molar-refractivity contribution in [2.24, 2.45) is 0 Å². The van der Waals surface area contributed by atoms with E-state index in [1.807, 2.05) is 11.0 Å². The monoisotopic (exact) mass is 216 g/mol. The van der Waals surface area contributed by atoms with Crippen molar-refractivity contribution in [3.8, 4) is 0 Å². The van der Waals surface area contributed by atoms with Gasteiger partial charge >= 0.3 is 0 Å². The van der Waals surface area contributed by atoms with Gasteiger partial charge in [0.2, 0.25) is 0 Å². The fourth-order valence-corrected chi connectivity index (χ4v) is 2.17. The van der Waals surface area contributed by atoms with Crippen LogP contribution in [0.4, 0.5) is 0 Å². The molecule has 84 valence electrons. The normalized spacial score (nSPS) is 18.2. The number of piperazine rings is 1. The van der Waals surface area contributed by atoms with Crippen LogP contribution in [0.5, 0.6) is 0 Å². The maximum Gasteiger partial charge on any atom is 0.0920 e. The van der Waals surface area contributed by atoms with Gasteiger partial charge in [0, 0.05) is 31.6 Å². The number of nitrogens with zero attached hydrogens (tertiary/aromatic N) is 4. The van der Waals surface area contributed by atoms with Crippen LogP contribution >= 0.6 is 0 Å². The molecule has 4 nitrogen and oxygen atoms in total. The number of hydrogen-bond donors (Lipinski definition) is 0. The molecule has 0 aliphatic carbocycles. The van der Waals surface area contributed by atoms with Crippen molar-refractivity contribution < 1.29 is 0 Å². The predicted molar refractivity (Wildman–Crippen MR) is 65.2 cm³/mol. The Kier molecular flexibility index (Phi) is 2.29. The van der Waals surface area contributed by atoms with Crippen LogP contribution in [0.3, 0.4) is 0 Å². The highest BCUT2D eigenvalue weighted by molar-refractivity contribution is 5.78. The van der Waals surface area contributed by atoms with E-state index in [-0.39, 0.29) is 0 Å². The van der Waals surface area contributed by atoms with Crippen LogP contribution < -0.4 is 5.01 Å². The number of likely N-dealkylation sites (N-methyl/N-ethyl adjacent to an activating group) is 1. The number of para-hydroxylation sites is 1. The summed E-state index contributed by atoms with van der Waals surface area (Å²) in [5, 5.41) is 7.99. The lowest BCUT2D eigenvalue weighted by molar-refractivity contribution is 0.283. The van der Waals surface area contributed by atoms with E-state index >= 15 is 0 Å². The Labute approximate surface area is 95.0 Å². The van der Waals surface area contributed by atoms with E-state index < -0.39 is 0 Å². The Morgan fingerprint density at radius 1 is 1.06 bits per heavy atom. The van der Waals surface area contributed by atoms with E-state index in [1.54, 1.807) is 0 Å². The van der Waals surface area contributed by atoms with Gasteiger partial charge in [-0.1, -0.05) is 18.2 Å². The average molecular weight is 216 g/mol. The smallest absolute Gasteiger partial charge is 0.0920 e. The highest BCUT2D eigenvalue weighted by Gasteiger charge is 2.15. The lowest BCUT2D eigenvalue weighted by Crippen LogP contribution is -2.50. The second-order valence-electron chi connectivity index (χ2n) is 4.35. The van der Waals surface area contributed by atoms with Gasteiger partial charge in [-0.25, -0.2) is 0 Å². The lowest BCUT2D eigenvalue weighted by Gasteiger charge is -2.33. The van der Waals surface area contributed by atoms with E-state index in [4.69, 9.17) is 0 Å². The van der Waals surface area contributed by atoms with E-state index in [2.05, 4.69) is 46.3 Å². The Balaban J connectivity index is 1.94. The zero-order valence-electron chi connectivity index (χ0n) is 9.50. The van der Waals surface area contributed by atoms with Gasteiger partial charge in [-0.15, -0.1) is 0 Å². The molecule has 2 heterocycles. The van der Waals surface area contributed by atoms with Crippen molar-refractivity contribution in [3.63, 3.8) is 0 Å². The van der Waals surface area contributed by atoms with Crippen LogP contribution in [0.1, 0.15) is 0 Å². The zero-order chi connectivity index (χ0) is 11.0. The molecule has 1 aromatic carbocycles. The highest BCUT2D eigenvalue weighted by atomic mass is 15.7. The summed E-state index contributed by atoms with van der Waals surface area (Å²) in [6, 6.07) is 8.35. The molecule has 0 saturated carbocycles. The first-order valence-corrected chi connectivity index (χ1v) is 5.71. The minimum absolute atomic E-state index is 1.04. The number of fused-ring (bicyclic) bond motifs is 1. The van der Waals surface area contributed by atoms with Crippen molar-refractivity contribution in [1.82, 2.24) is 14.8 Å². The fraction of sp³-hybridized carbons (Fsp3) is 0.417. The molecule has 1 fully saturated rings. The van der Waals surface area contributed by atoms with Crippen molar-refractivity contribution in [3.05, 3.63) is 30.5 Å². The predicted octanol–water partition coefficient (Wildman–Crippen LogP) is 0.920. The summed E-state index contributed by atoms with van der Waals surface area (Å²) < 4.78 is 0. The number of hydrogen-bond acceptors (Lipinski definition) is 3. The van der Waals surface area contributed by atoms with Crippen molar-refractivity contribution in [1.29, 1.82) is 0 Å². The van der Waals surface area contributed by atoms with Gasteiger partial charge in [0.1, 0.15) is 0 Å². The standard InChI is InChI=1S/C12H16N4/c1-14-6-8-15(9-7-14)16-12-5-3-2-4-11(12)10-13-16/h2-5,10H,6-9H2,1H3. The van der Waals surface area contributed by atoms with Crippen LogP contribution in [0.25, 0.3) is 10.9 Å². The second kappa shape index (κ2) is 3.79. The van der Waals surface area contributed by atoms with Gasteiger partial charge < -0.3 is 4.90 Å². The molecule has 4 heteroatoms. The van der Waals surface area contributed by atoms with Crippen molar-refractivity contribution in [2.75, 3.05) is 38.2 Å². The Morgan fingerprint density at radius 2 is 1.81 bits per heavy atom. The maximum absolute atomic E-state index is 4.47. The number of benzene rings is 1. The molecule has 0 amide bonds. The SMILES string of the molecule is CN1CCN(n2ncc3ccccc32)CC1. The van der Waals surface area contributed by atoms with Gasteiger partial charge in [-0.05, 0) is 13.1 Å². The van der Waals surface area contributed by atoms with Crippen molar-refractivity contribution >= 4 is 10.9 Å². The third kappa shape index (κ3) is 1.55. The molecule has 0 radical (unpaired) electrons. The zero-order valence-corrected chi connectivity index (χ0v) is 9.50. The molecule has 2 aromatic rings. The van der Waals surface area contributed by atoms with E-state index in [9.17, 15) is 0 Å². The second-order valence-corrected chi connectivity index (χ2v) is 4.35. The van der Waals surface area contributed by atoms with Gasteiger partial charge in [-0.2, -0.15) is 9.89 Å². The molecule has 0 bridgehead atoms. The molecule has 0 atom stereocenters. The molecular formula is C12H16N4. The van der Waals surface area contributed by atoms with Gasteiger partial charge in [0.25, 0.3) is 0 Å². The Hall–Kier alpha value is -1.55. The van der Waals surface area contributed by atoms with Crippen LogP contribution in [-0.4, -0.2) is 48.0 Å². The summed E-state index contributed by atoms with van der Waals surface area (Å²) >= 11 is 0. The minimum atomic E-state index is 1.04. The lowest BCUT2D eigenvalue weighted by atomic mass is 10.3. The summed E-state index contributed by atoms with van der Waals surface area (Å²) in [4.78, 5) is 4.39. The molecular weight excluding hydrogens is 200 g/mol. The van der Waals surface area contributed by atoms with Gasteiger partial charge in [0.15, 0.2) is 0 Å². The third-order valence-corrected chi connectivity index (χ3v) is 3.21. The fourth-order valence-electron chi connectivity index (χ4n) is 2.17. The van der Waals surface area contributed by atoms with Gasteiger partial charge in [-0.3, -0.25) is 5.01 Å². The Bertz CT molecular complexity index is 482. The third-order valence-electron chi connectivity index (χ3n) is 3.21. The molecule has 0 spiro atoms. The van der Waals surface area contributed by atoms with Gasteiger partial charge in [0.05, 0.1) is 11.7 Å². The maximum atomic E-state index is 4.47. The molecule has 1 saturated heterocycles. The quantitative estimate of drug-likeness (QED) is 0.708. The summed E-state index contributed by atoms with van der Waals surface area (Å²) in [7, 11) is 2.17. The first kappa shape index (κ1) is 9.66. The summed E-state index contributed by atoms with van der Waals surface area (Å²) in [5.74, 6) is 0. The van der Waals surface area contributed by atoms with Crippen LogP contribution in [-0.2, 0) is 0 Å². The Morgan fingerprint density at radius 3 is 2.62 bits per heavy atom. The summed E-state index contributed by atoms with van der Waals surface area (Å²) in [6.07, 6.45) is 1.94. The van der Waals surface area contributed by atoms with Crippen LogP contribution in [0.15, 0.2) is 30.5 Å². The first-order valence-electron chi connectivity index (χ1n) is 5.71. The molecule has 1 aromatic heterocycles. The first-order chi connectivity index (χ1) is 7.84. The molecule has 0 unspecified atom stereocenters. The van der Waals surface area contributed by atoms with Crippen molar-refractivity contribution in [2.45, 2.75) is 0 Å². The number of rotatable bonds is 1. The molecule has 0 N–H and O–H groups in total. The molecule has 1 aliphatic rings. The van der Waals surface area contributed by atoms with E-state index in [0.717, 1.165) is 26.2 Å². The summed E-state index contributed by atoms with van der Waals surface area (Å²) in [5.41, 5.74) is 1.20. The largest absolute Gasteiger partial charge is 0.303 e.